The number of rotatable bonds is 10. The Labute approximate surface area is 216 Å². The van der Waals surface area contributed by atoms with E-state index >= 15 is 0 Å². The van der Waals surface area contributed by atoms with E-state index in [1.807, 2.05) is 19.9 Å². The number of carbonyl (C=O) groups excluding carboxylic acids is 2. The summed E-state index contributed by atoms with van der Waals surface area (Å²) >= 11 is 6.23. The third-order valence-corrected chi connectivity index (χ3v) is 5.34. The van der Waals surface area contributed by atoms with E-state index in [1.165, 1.54) is 6.07 Å². The molecule has 2 amide bonds. The molecule has 0 saturated carbocycles. The van der Waals surface area contributed by atoms with Gasteiger partial charge in [0.15, 0.2) is 0 Å². The number of ether oxygens (including phenoxy) is 1. The minimum Gasteiger partial charge on any atom is -0.489 e. The lowest BCUT2D eigenvalue weighted by Crippen LogP contribution is -2.38. The Bertz CT molecular complexity index is 1180. The molecule has 0 saturated heterocycles. The van der Waals surface area contributed by atoms with Gasteiger partial charge in [0.2, 0.25) is 0 Å². The van der Waals surface area contributed by atoms with E-state index in [9.17, 15) is 19.5 Å². The lowest BCUT2D eigenvalue weighted by molar-refractivity contribution is -0.137. The topological polar surface area (TPSA) is 105 Å². The predicted octanol–water partition coefficient (Wildman–Crippen LogP) is 5.83. The molecule has 0 fully saturated rings. The van der Waals surface area contributed by atoms with Crippen LogP contribution in [0, 0.1) is 0 Å². The summed E-state index contributed by atoms with van der Waals surface area (Å²) in [6.07, 6.45) is -0.0153. The second kappa shape index (κ2) is 13.3. The van der Waals surface area contributed by atoms with E-state index in [0.29, 0.717) is 34.0 Å². The van der Waals surface area contributed by atoms with Crippen molar-refractivity contribution in [1.29, 1.82) is 0 Å². The molecule has 7 nitrogen and oxygen atoms in total. The highest BCUT2D eigenvalue weighted by Gasteiger charge is 2.19. The quantitative estimate of drug-likeness (QED) is 0.318. The molecule has 3 N–H and O–H groups in total. The van der Waals surface area contributed by atoms with Crippen LogP contribution in [0.4, 0.5) is 5.69 Å². The molecule has 3 aromatic carbocycles. The van der Waals surface area contributed by atoms with Crippen molar-refractivity contribution in [2.45, 2.75) is 46.3 Å². The number of carboxylic acid groups (broad SMARTS) is 1. The maximum absolute atomic E-state index is 12.8. The first-order valence-corrected chi connectivity index (χ1v) is 11.5. The van der Waals surface area contributed by atoms with Gasteiger partial charge in [-0.2, -0.15) is 0 Å². The summed E-state index contributed by atoms with van der Waals surface area (Å²) in [5, 5.41) is 15.2. The van der Waals surface area contributed by atoms with Gasteiger partial charge in [0.05, 0.1) is 17.5 Å². The van der Waals surface area contributed by atoms with E-state index in [4.69, 9.17) is 16.3 Å². The predicted molar refractivity (Wildman–Crippen MR) is 142 cm³/mol. The average molecular weight is 511 g/mol. The number of benzene rings is 3. The Morgan fingerprint density at radius 2 is 1.58 bits per heavy atom. The molecular weight excluding hydrogens is 480 g/mol. The van der Waals surface area contributed by atoms with E-state index in [1.54, 1.807) is 60.7 Å². The van der Waals surface area contributed by atoms with Crippen LogP contribution in [0.5, 0.6) is 5.75 Å². The number of hydrogen-bond donors (Lipinski definition) is 3. The normalized spacial score (nSPS) is 11.2. The van der Waals surface area contributed by atoms with Crippen molar-refractivity contribution in [3.05, 3.63) is 94.5 Å². The minimum absolute atomic E-state index is 0. The van der Waals surface area contributed by atoms with Gasteiger partial charge in [-0.3, -0.25) is 14.4 Å². The first kappa shape index (κ1) is 28.4. The summed E-state index contributed by atoms with van der Waals surface area (Å²) in [5.74, 6) is -1.21. The van der Waals surface area contributed by atoms with Crippen molar-refractivity contribution in [2.75, 3.05) is 5.32 Å². The Balaban J connectivity index is 0.00000456. The zero-order valence-electron chi connectivity index (χ0n) is 19.5. The largest absolute Gasteiger partial charge is 0.489 e. The molecule has 0 aliphatic rings. The van der Waals surface area contributed by atoms with Gasteiger partial charge in [0.1, 0.15) is 5.75 Å². The molecule has 0 heterocycles. The Morgan fingerprint density at radius 1 is 0.917 bits per heavy atom. The van der Waals surface area contributed by atoms with Crippen molar-refractivity contribution < 1.29 is 24.2 Å². The van der Waals surface area contributed by atoms with Gasteiger partial charge in [0, 0.05) is 22.9 Å². The first-order valence-electron chi connectivity index (χ1n) is 11.2. The summed E-state index contributed by atoms with van der Waals surface area (Å²) < 4.78 is 5.58. The number of amides is 2. The summed E-state index contributed by atoms with van der Waals surface area (Å²) in [7, 11) is 0. The molecule has 190 valence electrons. The van der Waals surface area contributed by atoms with Gasteiger partial charge >= 0.3 is 5.97 Å². The molecule has 0 bridgehead atoms. The van der Waals surface area contributed by atoms with Crippen LogP contribution in [0.25, 0.3) is 0 Å². The molecule has 3 rings (SSSR count). The molecule has 0 aliphatic carbocycles. The lowest BCUT2D eigenvalue weighted by atomic mass is 10.0. The Kier molecular flexibility index (Phi) is 10.5. The fourth-order valence-corrected chi connectivity index (χ4v) is 3.67. The Morgan fingerprint density at radius 3 is 2.17 bits per heavy atom. The number of nitrogens with one attached hydrogen (secondary N) is 2. The van der Waals surface area contributed by atoms with E-state index < -0.39 is 17.9 Å². The zero-order valence-corrected chi connectivity index (χ0v) is 20.2. The molecular formula is C28H31ClN2O5. The third-order valence-electron chi connectivity index (χ3n) is 5.04. The molecule has 1 atom stereocenters. The fraction of sp³-hybridized carbons (Fsp3) is 0.250. The molecule has 0 spiro atoms. The number of hydrogen-bond acceptors (Lipinski definition) is 4. The highest BCUT2D eigenvalue weighted by Crippen LogP contribution is 2.26. The monoisotopic (exact) mass is 510 g/mol. The van der Waals surface area contributed by atoms with Gasteiger partial charge in [-0.25, -0.2) is 0 Å². The van der Waals surface area contributed by atoms with Crippen molar-refractivity contribution in [3.8, 4) is 5.75 Å². The zero-order chi connectivity index (χ0) is 25.4. The summed E-state index contributed by atoms with van der Waals surface area (Å²) in [4.78, 5) is 36.5. The number of aliphatic carboxylic acids is 1. The average Bonchev–Trinajstić information content (AvgIpc) is 2.81. The van der Waals surface area contributed by atoms with Crippen LogP contribution in [0.2, 0.25) is 5.02 Å². The van der Waals surface area contributed by atoms with E-state index in [-0.39, 0.29) is 25.9 Å². The van der Waals surface area contributed by atoms with Crippen molar-refractivity contribution in [1.82, 2.24) is 5.32 Å². The first-order chi connectivity index (χ1) is 16.7. The lowest BCUT2D eigenvalue weighted by Gasteiger charge is -2.18. The van der Waals surface area contributed by atoms with Crippen LogP contribution in [0.15, 0.2) is 72.8 Å². The summed E-state index contributed by atoms with van der Waals surface area (Å²) in [6, 6.07) is 20.0. The molecule has 0 unspecified atom stereocenters. The van der Waals surface area contributed by atoms with Crippen LogP contribution in [-0.4, -0.2) is 35.0 Å². The smallest absolute Gasteiger partial charge is 0.305 e. The van der Waals surface area contributed by atoms with Crippen LogP contribution < -0.4 is 15.4 Å². The van der Waals surface area contributed by atoms with Gasteiger partial charge in [-0.05, 0) is 68.3 Å². The SMILES string of the molecule is C.CC(C)Oc1ccc(C(=O)N[C@H](CC(=O)O)Cc2ccc(NC(=O)c3ccccc3)cc2)cc1Cl. The summed E-state index contributed by atoms with van der Waals surface area (Å²) in [5.41, 5.74) is 2.28. The molecule has 0 aromatic heterocycles. The molecule has 0 aliphatic heterocycles. The van der Waals surface area contributed by atoms with Crippen molar-refractivity contribution in [2.24, 2.45) is 0 Å². The second-order valence-electron chi connectivity index (χ2n) is 8.30. The van der Waals surface area contributed by atoms with Crippen LogP contribution >= 0.6 is 11.6 Å². The summed E-state index contributed by atoms with van der Waals surface area (Å²) in [6.45, 7) is 3.74. The highest BCUT2D eigenvalue weighted by atomic mass is 35.5. The maximum Gasteiger partial charge on any atom is 0.305 e. The number of halogens is 1. The second-order valence-corrected chi connectivity index (χ2v) is 8.71. The van der Waals surface area contributed by atoms with Gasteiger partial charge in [-0.1, -0.05) is 49.4 Å². The molecule has 36 heavy (non-hydrogen) atoms. The fourth-order valence-electron chi connectivity index (χ4n) is 3.45. The van der Waals surface area contributed by atoms with E-state index in [0.717, 1.165) is 5.56 Å². The maximum atomic E-state index is 12.8. The molecule has 3 aromatic rings. The van der Waals surface area contributed by atoms with Crippen molar-refractivity contribution >= 4 is 35.1 Å². The van der Waals surface area contributed by atoms with Gasteiger partial charge in [-0.15, -0.1) is 0 Å². The Hall–Kier alpha value is -3.84. The molecule has 0 radical (unpaired) electrons. The minimum atomic E-state index is -1.03. The van der Waals surface area contributed by atoms with Crippen LogP contribution in [0.1, 0.15) is 54.0 Å². The van der Waals surface area contributed by atoms with E-state index in [2.05, 4.69) is 10.6 Å². The highest BCUT2D eigenvalue weighted by molar-refractivity contribution is 6.32. The standard InChI is InChI=1S/C27H27ClN2O5.CH4/c1-17(2)35-24-13-10-20(15-23(24)28)27(34)30-22(16-25(31)32)14-18-8-11-21(12-9-18)29-26(33)19-6-4-3-5-7-19;/h3-13,15,17,22H,14,16H2,1-2H3,(H,29,33)(H,30,34)(H,31,32);1H4/t22-;/m0./s1. The number of carboxylic acids is 1. The van der Waals surface area contributed by atoms with Crippen LogP contribution in [-0.2, 0) is 11.2 Å². The number of carbonyl (C=O) groups is 3. The van der Waals surface area contributed by atoms with Crippen molar-refractivity contribution in [3.63, 3.8) is 0 Å². The number of anilines is 1. The third kappa shape index (κ3) is 8.43. The van der Waals surface area contributed by atoms with Gasteiger partial charge < -0.3 is 20.5 Å². The van der Waals surface area contributed by atoms with Gasteiger partial charge in [0.25, 0.3) is 11.8 Å². The van der Waals surface area contributed by atoms with Crippen LogP contribution in [0.3, 0.4) is 0 Å². The molecule has 8 heteroatoms.